The summed E-state index contributed by atoms with van der Waals surface area (Å²) in [5.74, 6) is 0. The zero-order valence-electron chi connectivity index (χ0n) is 11.3. The van der Waals surface area contributed by atoms with E-state index in [-0.39, 0.29) is 0 Å². The van der Waals surface area contributed by atoms with Gasteiger partial charge < -0.3 is 0 Å². The highest BCUT2D eigenvalue weighted by Crippen LogP contribution is 1.97. The molecule has 0 aliphatic carbocycles. The molecule has 0 N–H and O–H groups in total. The SMILES string of the molecule is C/C=C/C=C/C/C=C/C/C=C/CC/C=C/CC. The first-order valence-corrected chi connectivity index (χ1v) is 6.64. The molecular formula is C17H26. The maximum atomic E-state index is 2.26. The zero-order chi connectivity index (χ0) is 12.6. The number of hydrogen-bond acceptors (Lipinski definition) is 0. The highest BCUT2D eigenvalue weighted by molar-refractivity contribution is 5.04. The number of hydrogen-bond donors (Lipinski definition) is 0. The standard InChI is InChI=1S/C17H26/c1-3-5-7-9-11-13-15-17-16-14-12-10-8-6-4-2/h3,5-9,13-16H,4,10-12,17H2,1-2H3/b5-3+,8-6+,9-7+,15-13+,16-14+. The van der Waals surface area contributed by atoms with Gasteiger partial charge in [0.25, 0.3) is 0 Å². The Hall–Kier alpha value is -1.30. The molecule has 0 aromatic heterocycles. The summed E-state index contributed by atoms with van der Waals surface area (Å²) in [6.45, 7) is 4.20. The van der Waals surface area contributed by atoms with Crippen LogP contribution in [-0.4, -0.2) is 0 Å². The van der Waals surface area contributed by atoms with Crippen molar-refractivity contribution in [2.45, 2.75) is 46.0 Å². The molecule has 0 amide bonds. The fourth-order valence-corrected chi connectivity index (χ4v) is 1.31. The minimum Gasteiger partial charge on any atom is -0.0888 e. The molecule has 0 aromatic rings. The molecule has 0 radical (unpaired) electrons. The van der Waals surface area contributed by atoms with Crippen molar-refractivity contribution in [1.82, 2.24) is 0 Å². The van der Waals surface area contributed by atoms with E-state index in [0.29, 0.717) is 0 Å². The Kier molecular flexibility index (Phi) is 13.6. The highest BCUT2D eigenvalue weighted by atomic mass is 13.8. The van der Waals surface area contributed by atoms with E-state index < -0.39 is 0 Å². The lowest BCUT2D eigenvalue weighted by atomic mass is 10.2. The van der Waals surface area contributed by atoms with Crippen molar-refractivity contribution in [2.75, 3.05) is 0 Å². The van der Waals surface area contributed by atoms with Gasteiger partial charge in [-0.1, -0.05) is 67.7 Å². The van der Waals surface area contributed by atoms with E-state index in [1.54, 1.807) is 0 Å². The Morgan fingerprint density at radius 1 is 0.647 bits per heavy atom. The largest absolute Gasteiger partial charge is 0.0888 e. The van der Waals surface area contributed by atoms with Crippen LogP contribution in [-0.2, 0) is 0 Å². The van der Waals surface area contributed by atoms with Gasteiger partial charge in [-0.3, -0.25) is 0 Å². The summed E-state index contributed by atoms with van der Waals surface area (Å²) in [5, 5.41) is 0. The van der Waals surface area contributed by atoms with Crippen LogP contribution in [0, 0.1) is 0 Å². The summed E-state index contributed by atoms with van der Waals surface area (Å²) in [5.41, 5.74) is 0. The van der Waals surface area contributed by atoms with E-state index in [1.165, 1.54) is 6.42 Å². The van der Waals surface area contributed by atoms with Gasteiger partial charge in [0.05, 0.1) is 0 Å². The fourth-order valence-electron chi connectivity index (χ4n) is 1.31. The Balaban J connectivity index is 3.39. The molecule has 0 aliphatic rings. The third-order valence-corrected chi connectivity index (χ3v) is 2.22. The van der Waals surface area contributed by atoms with Crippen LogP contribution >= 0.6 is 0 Å². The van der Waals surface area contributed by atoms with Gasteiger partial charge in [0.15, 0.2) is 0 Å². The third kappa shape index (κ3) is 14.7. The van der Waals surface area contributed by atoms with Gasteiger partial charge >= 0.3 is 0 Å². The molecule has 0 saturated carbocycles. The van der Waals surface area contributed by atoms with Crippen molar-refractivity contribution >= 4 is 0 Å². The van der Waals surface area contributed by atoms with Crippen LogP contribution in [0.15, 0.2) is 60.8 Å². The lowest BCUT2D eigenvalue weighted by molar-refractivity contribution is 1.03. The molecule has 0 heteroatoms. The second-order valence-electron chi connectivity index (χ2n) is 3.83. The van der Waals surface area contributed by atoms with Crippen LogP contribution in [0.5, 0.6) is 0 Å². The summed E-state index contributed by atoms with van der Waals surface area (Å²) in [4.78, 5) is 0. The van der Waals surface area contributed by atoms with Crippen LogP contribution in [0.3, 0.4) is 0 Å². The molecule has 0 aliphatic heterocycles. The monoisotopic (exact) mass is 230 g/mol. The average Bonchev–Trinajstić information content (AvgIpc) is 2.35. The Morgan fingerprint density at radius 2 is 1.24 bits per heavy atom. The van der Waals surface area contributed by atoms with Crippen molar-refractivity contribution in [3.05, 3.63) is 60.8 Å². The maximum absolute atomic E-state index is 2.26. The van der Waals surface area contributed by atoms with Crippen LogP contribution in [0.1, 0.15) is 46.0 Å². The summed E-state index contributed by atoms with van der Waals surface area (Å²) in [6.07, 6.45) is 27.3. The normalized spacial score (nSPS) is 13.3. The molecule has 0 unspecified atom stereocenters. The van der Waals surface area contributed by atoms with Crippen LogP contribution in [0.2, 0.25) is 0 Å². The van der Waals surface area contributed by atoms with Crippen molar-refractivity contribution in [3.8, 4) is 0 Å². The van der Waals surface area contributed by atoms with Gasteiger partial charge in [-0.15, -0.1) is 0 Å². The molecule has 0 nitrogen and oxygen atoms in total. The Bertz CT molecular complexity index is 274. The summed E-state index contributed by atoms with van der Waals surface area (Å²) < 4.78 is 0. The van der Waals surface area contributed by atoms with E-state index in [4.69, 9.17) is 0 Å². The lowest BCUT2D eigenvalue weighted by Gasteiger charge is -1.86. The van der Waals surface area contributed by atoms with E-state index in [0.717, 1.165) is 25.7 Å². The van der Waals surface area contributed by atoms with Crippen molar-refractivity contribution < 1.29 is 0 Å². The molecule has 0 fully saturated rings. The lowest BCUT2D eigenvalue weighted by Crippen LogP contribution is -1.66. The molecule has 17 heavy (non-hydrogen) atoms. The maximum Gasteiger partial charge on any atom is -0.0166 e. The first-order valence-electron chi connectivity index (χ1n) is 6.64. The second kappa shape index (κ2) is 14.7. The first-order chi connectivity index (χ1) is 8.41. The molecule has 0 spiro atoms. The van der Waals surface area contributed by atoms with E-state index in [2.05, 4.69) is 61.6 Å². The van der Waals surface area contributed by atoms with Gasteiger partial charge in [0.2, 0.25) is 0 Å². The fraction of sp³-hybridized carbons (Fsp3) is 0.412. The third-order valence-electron chi connectivity index (χ3n) is 2.22. The predicted octanol–water partition coefficient (Wildman–Crippen LogP) is 5.76. The second-order valence-corrected chi connectivity index (χ2v) is 3.83. The number of rotatable bonds is 9. The van der Waals surface area contributed by atoms with Crippen LogP contribution < -0.4 is 0 Å². The minimum absolute atomic E-state index is 1.03. The van der Waals surface area contributed by atoms with Gasteiger partial charge in [0.1, 0.15) is 0 Å². The van der Waals surface area contributed by atoms with Gasteiger partial charge in [-0.05, 0) is 39.0 Å². The summed E-state index contributed by atoms with van der Waals surface area (Å²) in [7, 11) is 0. The molecule has 0 heterocycles. The Labute approximate surface area is 107 Å². The molecule has 0 saturated heterocycles. The van der Waals surface area contributed by atoms with Crippen LogP contribution in [0.4, 0.5) is 0 Å². The highest BCUT2D eigenvalue weighted by Gasteiger charge is 1.76. The summed E-state index contributed by atoms with van der Waals surface area (Å²) in [6, 6.07) is 0. The number of allylic oxidation sites excluding steroid dienone is 10. The molecule has 0 atom stereocenters. The predicted molar refractivity (Wildman–Crippen MR) is 80.1 cm³/mol. The summed E-state index contributed by atoms with van der Waals surface area (Å²) >= 11 is 0. The topological polar surface area (TPSA) is 0 Å². The van der Waals surface area contributed by atoms with E-state index in [9.17, 15) is 0 Å². The van der Waals surface area contributed by atoms with Gasteiger partial charge in [0, 0.05) is 0 Å². The van der Waals surface area contributed by atoms with Gasteiger partial charge in [-0.25, -0.2) is 0 Å². The molecular weight excluding hydrogens is 204 g/mol. The van der Waals surface area contributed by atoms with Gasteiger partial charge in [-0.2, -0.15) is 0 Å². The zero-order valence-corrected chi connectivity index (χ0v) is 11.3. The smallest absolute Gasteiger partial charge is 0.0166 e. The van der Waals surface area contributed by atoms with Crippen molar-refractivity contribution in [2.24, 2.45) is 0 Å². The molecule has 0 bridgehead atoms. The molecule has 0 aromatic carbocycles. The quantitative estimate of drug-likeness (QED) is 0.268. The molecule has 94 valence electrons. The van der Waals surface area contributed by atoms with Crippen molar-refractivity contribution in [1.29, 1.82) is 0 Å². The van der Waals surface area contributed by atoms with E-state index in [1.807, 2.05) is 13.0 Å². The van der Waals surface area contributed by atoms with E-state index >= 15 is 0 Å². The average molecular weight is 230 g/mol. The Morgan fingerprint density at radius 3 is 1.88 bits per heavy atom. The van der Waals surface area contributed by atoms with Crippen molar-refractivity contribution in [3.63, 3.8) is 0 Å². The minimum atomic E-state index is 1.03. The first kappa shape index (κ1) is 15.7. The number of unbranched alkanes of at least 4 members (excludes halogenated alkanes) is 1. The van der Waals surface area contributed by atoms with Crippen LogP contribution in [0.25, 0.3) is 0 Å². The molecule has 0 rings (SSSR count).